The van der Waals surface area contributed by atoms with Gasteiger partial charge in [0.2, 0.25) is 0 Å². The van der Waals surface area contributed by atoms with Gasteiger partial charge in [0.15, 0.2) is 0 Å². The number of hydrogen-bond donors (Lipinski definition) is 0. The Morgan fingerprint density at radius 1 is 1.47 bits per heavy atom. The number of carbonyl (C=O) groups excluding carboxylic acids is 1. The first-order chi connectivity index (χ1) is 6.95. The van der Waals surface area contributed by atoms with E-state index in [1.165, 1.54) is 7.11 Å². The van der Waals surface area contributed by atoms with Crippen molar-refractivity contribution < 1.29 is 9.53 Å². The Labute approximate surface area is 90.5 Å². The molecular formula is C12H17NO2. The topological polar surface area (TPSA) is 39.2 Å². The van der Waals surface area contributed by atoms with Crippen molar-refractivity contribution >= 4 is 5.97 Å². The fourth-order valence-electron chi connectivity index (χ4n) is 1.48. The van der Waals surface area contributed by atoms with Crippen LogP contribution in [-0.4, -0.2) is 18.1 Å². The highest BCUT2D eigenvalue weighted by Crippen LogP contribution is 2.23. The maximum Gasteiger partial charge on any atom is 0.310 e. The van der Waals surface area contributed by atoms with Gasteiger partial charge in [0.1, 0.15) is 0 Å². The molecule has 0 aromatic carbocycles. The second-order valence-electron chi connectivity index (χ2n) is 4.51. The zero-order valence-corrected chi connectivity index (χ0v) is 9.70. The number of hydrogen-bond acceptors (Lipinski definition) is 3. The van der Waals surface area contributed by atoms with Crippen molar-refractivity contribution in [2.24, 2.45) is 0 Å². The van der Waals surface area contributed by atoms with Gasteiger partial charge in [0, 0.05) is 17.3 Å². The largest absolute Gasteiger partial charge is 0.469 e. The number of ether oxygens (including phenoxy) is 1. The summed E-state index contributed by atoms with van der Waals surface area (Å²) in [5.74, 6) is -0.228. The molecule has 0 bridgehead atoms. The third-order valence-corrected chi connectivity index (χ3v) is 2.16. The van der Waals surface area contributed by atoms with E-state index in [1.807, 2.05) is 12.1 Å². The minimum absolute atomic E-state index is 0.0510. The van der Waals surface area contributed by atoms with E-state index in [2.05, 4.69) is 30.5 Å². The normalized spacial score (nSPS) is 11.2. The molecule has 0 N–H and O–H groups in total. The van der Waals surface area contributed by atoms with Crippen LogP contribution in [0.4, 0.5) is 0 Å². The number of pyridine rings is 1. The van der Waals surface area contributed by atoms with Gasteiger partial charge >= 0.3 is 5.97 Å². The summed E-state index contributed by atoms with van der Waals surface area (Å²) in [6.07, 6.45) is 2.04. The molecule has 0 saturated heterocycles. The monoisotopic (exact) mass is 207 g/mol. The standard InChI is InChI=1S/C12H17NO2/c1-12(2,3)11-9(6-5-7-13-11)8-10(14)15-4/h5-7H,8H2,1-4H3. The lowest BCUT2D eigenvalue weighted by Gasteiger charge is -2.20. The third-order valence-electron chi connectivity index (χ3n) is 2.16. The first-order valence-corrected chi connectivity index (χ1v) is 4.96. The van der Waals surface area contributed by atoms with Crippen LogP contribution in [0.25, 0.3) is 0 Å². The summed E-state index contributed by atoms with van der Waals surface area (Å²) in [6, 6.07) is 3.76. The smallest absolute Gasteiger partial charge is 0.310 e. The Hall–Kier alpha value is -1.38. The number of carbonyl (C=O) groups is 1. The van der Waals surface area contributed by atoms with Crippen LogP contribution in [0.1, 0.15) is 32.0 Å². The van der Waals surface area contributed by atoms with Crippen molar-refractivity contribution in [3.8, 4) is 0 Å². The van der Waals surface area contributed by atoms with Gasteiger partial charge in [-0.05, 0) is 11.6 Å². The second-order valence-corrected chi connectivity index (χ2v) is 4.51. The molecule has 0 amide bonds. The van der Waals surface area contributed by atoms with Crippen molar-refractivity contribution in [2.75, 3.05) is 7.11 Å². The van der Waals surface area contributed by atoms with Crippen LogP contribution >= 0.6 is 0 Å². The lowest BCUT2D eigenvalue weighted by molar-refractivity contribution is -0.139. The Bertz CT molecular complexity index is 353. The van der Waals surface area contributed by atoms with E-state index in [0.717, 1.165) is 11.3 Å². The van der Waals surface area contributed by atoms with E-state index in [1.54, 1.807) is 6.20 Å². The van der Waals surface area contributed by atoms with Gasteiger partial charge in [0.25, 0.3) is 0 Å². The van der Waals surface area contributed by atoms with E-state index >= 15 is 0 Å². The highest BCUT2D eigenvalue weighted by molar-refractivity contribution is 5.72. The molecular weight excluding hydrogens is 190 g/mol. The molecule has 0 aliphatic carbocycles. The van der Waals surface area contributed by atoms with Crippen LogP contribution in [0.15, 0.2) is 18.3 Å². The predicted octanol–water partition coefficient (Wildman–Crippen LogP) is 2.09. The summed E-state index contributed by atoms with van der Waals surface area (Å²) in [6.45, 7) is 6.24. The zero-order chi connectivity index (χ0) is 11.5. The molecule has 0 aliphatic rings. The molecule has 0 spiro atoms. The number of rotatable bonds is 2. The van der Waals surface area contributed by atoms with E-state index in [-0.39, 0.29) is 17.8 Å². The van der Waals surface area contributed by atoms with Crippen LogP contribution < -0.4 is 0 Å². The van der Waals surface area contributed by atoms with Gasteiger partial charge in [-0.3, -0.25) is 9.78 Å². The highest BCUT2D eigenvalue weighted by atomic mass is 16.5. The molecule has 0 radical (unpaired) electrons. The average Bonchev–Trinajstić information content (AvgIpc) is 2.17. The van der Waals surface area contributed by atoms with Crippen LogP contribution in [0.2, 0.25) is 0 Å². The Kier molecular flexibility index (Phi) is 3.45. The predicted molar refractivity (Wildman–Crippen MR) is 58.7 cm³/mol. The third kappa shape index (κ3) is 3.05. The van der Waals surface area contributed by atoms with Crippen molar-refractivity contribution in [2.45, 2.75) is 32.6 Å². The van der Waals surface area contributed by atoms with E-state index in [9.17, 15) is 4.79 Å². The van der Waals surface area contributed by atoms with E-state index in [0.29, 0.717) is 0 Å². The minimum Gasteiger partial charge on any atom is -0.469 e. The zero-order valence-electron chi connectivity index (χ0n) is 9.70. The number of aromatic nitrogens is 1. The molecule has 15 heavy (non-hydrogen) atoms. The summed E-state index contributed by atoms with van der Waals surface area (Å²) < 4.78 is 4.66. The van der Waals surface area contributed by atoms with Crippen LogP contribution in [0.5, 0.6) is 0 Å². The van der Waals surface area contributed by atoms with Gasteiger partial charge < -0.3 is 4.74 Å². The molecule has 1 aromatic rings. The lowest BCUT2D eigenvalue weighted by atomic mass is 9.87. The van der Waals surface area contributed by atoms with Gasteiger partial charge in [-0.15, -0.1) is 0 Å². The van der Waals surface area contributed by atoms with Gasteiger partial charge in [-0.25, -0.2) is 0 Å². The summed E-state index contributed by atoms with van der Waals surface area (Å²) in [4.78, 5) is 15.5. The highest BCUT2D eigenvalue weighted by Gasteiger charge is 2.20. The van der Waals surface area contributed by atoms with Crippen molar-refractivity contribution in [1.82, 2.24) is 4.98 Å². The number of esters is 1. The Morgan fingerprint density at radius 2 is 2.13 bits per heavy atom. The summed E-state index contributed by atoms with van der Waals surface area (Å²) in [5.41, 5.74) is 1.84. The van der Waals surface area contributed by atoms with Crippen LogP contribution in [0, 0.1) is 0 Å². The molecule has 3 nitrogen and oxygen atoms in total. The fourth-order valence-corrected chi connectivity index (χ4v) is 1.48. The van der Waals surface area contributed by atoms with Crippen molar-refractivity contribution in [3.05, 3.63) is 29.6 Å². The first kappa shape index (κ1) is 11.7. The van der Waals surface area contributed by atoms with Gasteiger partial charge in [0.05, 0.1) is 13.5 Å². The Morgan fingerprint density at radius 3 is 2.67 bits per heavy atom. The first-order valence-electron chi connectivity index (χ1n) is 4.96. The Balaban J connectivity index is 3.02. The SMILES string of the molecule is COC(=O)Cc1cccnc1C(C)(C)C. The lowest BCUT2D eigenvalue weighted by Crippen LogP contribution is -2.18. The van der Waals surface area contributed by atoms with Crippen molar-refractivity contribution in [3.63, 3.8) is 0 Å². The maximum absolute atomic E-state index is 11.2. The molecule has 1 rings (SSSR count). The van der Waals surface area contributed by atoms with Crippen LogP contribution in [-0.2, 0) is 21.4 Å². The quantitative estimate of drug-likeness (QED) is 0.697. The summed E-state index contributed by atoms with van der Waals surface area (Å²) in [7, 11) is 1.40. The summed E-state index contributed by atoms with van der Waals surface area (Å²) in [5, 5.41) is 0. The fraction of sp³-hybridized carbons (Fsp3) is 0.500. The second kappa shape index (κ2) is 4.43. The van der Waals surface area contributed by atoms with E-state index in [4.69, 9.17) is 0 Å². The van der Waals surface area contributed by atoms with Gasteiger partial charge in [-0.2, -0.15) is 0 Å². The molecule has 0 fully saturated rings. The number of nitrogens with zero attached hydrogens (tertiary/aromatic N) is 1. The van der Waals surface area contributed by atoms with Crippen molar-refractivity contribution in [1.29, 1.82) is 0 Å². The van der Waals surface area contributed by atoms with E-state index < -0.39 is 0 Å². The molecule has 0 aliphatic heterocycles. The average molecular weight is 207 g/mol. The van der Waals surface area contributed by atoms with Gasteiger partial charge in [-0.1, -0.05) is 26.8 Å². The molecule has 3 heteroatoms. The molecule has 0 atom stereocenters. The molecule has 1 aromatic heterocycles. The maximum atomic E-state index is 11.2. The molecule has 82 valence electrons. The van der Waals surface area contributed by atoms with Crippen LogP contribution in [0.3, 0.4) is 0 Å². The molecule has 1 heterocycles. The molecule has 0 unspecified atom stereocenters. The number of methoxy groups -OCH3 is 1. The summed E-state index contributed by atoms with van der Waals surface area (Å²) >= 11 is 0. The molecule has 0 saturated carbocycles. The minimum atomic E-state index is -0.228.